The van der Waals surface area contributed by atoms with Crippen molar-refractivity contribution in [3.63, 3.8) is 0 Å². The first-order valence-electron chi connectivity index (χ1n) is 7.16. The van der Waals surface area contributed by atoms with Crippen LogP contribution in [0.3, 0.4) is 0 Å². The molecule has 5 heteroatoms. The fourth-order valence-electron chi connectivity index (χ4n) is 2.32. The number of aryl methyl sites for hydroxylation is 4. The molecule has 2 rings (SSSR count). The van der Waals surface area contributed by atoms with Crippen LogP contribution in [-0.2, 0) is 13.5 Å². The molecule has 0 aliphatic heterocycles. The van der Waals surface area contributed by atoms with E-state index < -0.39 is 0 Å². The number of guanidine groups is 1. The molecule has 0 bridgehead atoms. The molecule has 21 heavy (non-hydrogen) atoms. The van der Waals surface area contributed by atoms with Crippen LogP contribution >= 0.6 is 0 Å². The van der Waals surface area contributed by atoms with E-state index in [4.69, 9.17) is 5.73 Å². The molecule has 3 N–H and O–H groups in total. The van der Waals surface area contributed by atoms with Crippen LogP contribution in [0, 0.1) is 13.8 Å². The summed E-state index contributed by atoms with van der Waals surface area (Å²) in [5.74, 6) is 0.464. The van der Waals surface area contributed by atoms with E-state index in [1.807, 2.05) is 24.1 Å². The van der Waals surface area contributed by atoms with Gasteiger partial charge in [0.1, 0.15) is 0 Å². The predicted octanol–water partition coefficient (Wildman–Crippen LogP) is 2.40. The molecule has 0 saturated carbocycles. The van der Waals surface area contributed by atoms with Crippen LogP contribution in [0.2, 0.25) is 0 Å². The summed E-state index contributed by atoms with van der Waals surface area (Å²) in [6.07, 6.45) is 5.84. The van der Waals surface area contributed by atoms with Gasteiger partial charge < -0.3 is 11.1 Å². The van der Waals surface area contributed by atoms with Crippen molar-refractivity contribution in [2.24, 2.45) is 17.8 Å². The Balaban J connectivity index is 1.81. The lowest BCUT2D eigenvalue weighted by Gasteiger charge is -2.07. The summed E-state index contributed by atoms with van der Waals surface area (Å²) in [5, 5.41) is 7.28. The molecule has 2 aromatic rings. The lowest BCUT2D eigenvalue weighted by molar-refractivity contribution is 0.765. The van der Waals surface area contributed by atoms with Crippen molar-refractivity contribution in [2.75, 3.05) is 11.9 Å². The van der Waals surface area contributed by atoms with Crippen molar-refractivity contribution in [2.45, 2.75) is 26.7 Å². The lowest BCUT2D eigenvalue weighted by Crippen LogP contribution is -2.23. The average molecular weight is 285 g/mol. The molecule has 0 saturated heterocycles. The van der Waals surface area contributed by atoms with Crippen molar-refractivity contribution >= 4 is 11.6 Å². The average Bonchev–Trinajstić information content (AvgIpc) is 2.79. The number of anilines is 1. The zero-order chi connectivity index (χ0) is 15.2. The van der Waals surface area contributed by atoms with Crippen LogP contribution in [-0.4, -0.2) is 22.3 Å². The van der Waals surface area contributed by atoms with Gasteiger partial charge in [-0.05, 0) is 55.5 Å². The quantitative estimate of drug-likeness (QED) is 0.503. The third-order valence-electron chi connectivity index (χ3n) is 3.16. The summed E-state index contributed by atoms with van der Waals surface area (Å²) >= 11 is 0. The number of nitrogens with zero attached hydrogens (tertiary/aromatic N) is 3. The molecule has 0 spiro atoms. The van der Waals surface area contributed by atoms with Gasteiger partial charge in [0, 0.05) is 25.5 Å². The minimum Gasteiger partial charge on any atom is -0.370 e. The van der Waals surface area contributed by atoms with E-state index in [0.717, 1.165) is 18.5 Å². The van der Waals surface area contributed by atoms with Gasteiger partial charge in [-0.1, -0.05) is 6.07 Å². The monoisotopic (exact) mass is 285 g/mol. The molecule has 0 fully saturated rings. The Morgan fingerprint density at radius 1 is 1.29 bits per heavy atom. The minimum atomic E-state index is 0.464. The van der Waals surface area contributed by atoms with Crippen LogP contribution < -0.4 is 11.1 Å². The standard InChI is InChI=1S/C16H23N5/c1-12-7-13(2)9-15(8-12)20-16(17)18-6-4-5-14-10-19-21(3)11-14/h7-11H,4-6H2,1-3H3,(H3,17,18,20). The smallest absolute Gasteiger partial charge is 0.193 e. The molecule has 0 unspecified atom stereocenters. The summed E-state index contributed by atoms with van der Waals surface area (Å²) in [7, 11) is 1.92. The second kappa shape index (κ2) is 6.92. The molecule has 1 aromatic carbocycles. The number of benzene rings is 1. The largest absolute Gasteiger partial charge is 0.370 e. The molecule has 0 amide bonds. The Labute approximate surface area is 125 Å². The SMILES string of the molecule is Cc1cc(C)cc(NC(N)=NCCCc2cnn(C)c2)c1. The zero-order valence-corrected chi connectivity index (χ0v) is 12.9. The fourth-order valence-corrected chi connectivity index (χ4v) is 2.32. The van der Waals surface area contributed by atoms with Gasteiger partial charge in [-0.25, -0.2) is 0 Å². The summed E-state index contributed by atoms with van der Waals surface area (Å²) in [6.45, 7) is 4.84. The van der Waals surface area contributed by atoms with E-state index in [1.165, 1.54) is 16.7 Å². The molecule has 112 valence electrons. The number of hydrogen-bond donors (Lipinski definition) is 2. The van der Waals surface area contributed by atoms with Gasteiger partial charge in [-0.3, -0.25) is 9.67 Å². The molecule has 1 aromatic heterocycles. The highest BCUT2D eigenvalue weighted by Gasteiger charge is 1.99. The second-order valence-corrected chi connectivity index (χ2v) is 5.39. The number of aliphatic imine (C=N–C) groups is 1. The molecule has 0 atom stereocenters. The second-order valence-electron chi connectivity index (χ2n) is 5.39. The molecule has 0 radical (unpaired) electrons. The third kappa shape index (κ3) is 4.95. The van der Waals surface area contributed by atoms with E-state index >= 15 is 0 Å². The molecular formula is C16H23N5. The Hall–Kier alpha value is -2.30. The Bertz CT molecular complexity index is 607. The maximum Gasteiger partial charge on any atom is 0.193 e. The van der Waals surface area contributed by atoms with Gasteiger partial charge in [-0.2, -0.15) is 5.10 Å². The van der Waals surface area contributed by atoms with Crippen LogP contribution in [0.4, 0.5) is 5.69 Å². The van der Waals surface area contributed by atoms with Gasteiger partial charge in [0.15, 0.2) is 5.96 Å². The van der Waals surface area contributed by atoms with E-state index in [9.17, 15) is 0 Å². The summed E-state index contributed by atoms with van der Waals surface area (Å²) in [5.41, 5.74) is 10.5. The predicted molar refractivity (Wildman–Crippen MR) is 87.6 cm³/mol. The zero-order valence-electron chi connectivity index (χ0n) is 12.9. The van der Waals surface area contributed by atoms with Crippen molar-refractivity contribution in [3.05, 3.63) is 47.3 Å². The minimum absolute atomic E-state index is 0.464. The van der Waals surface area contributed by atoms with E-state index in [1.54, 1.807) is 0 Å². The van der Waals surface area contributed by atoms with Gasteiger partial charge in [0.2, 0.25) is 0 Å². The number of nitrogens with two attached hydrogens (primary N) is 1. The van der Waals surface area contributed by atoms with Crippen molar-refractivity contribution < 1.29 is 0 Å². The number of aromatic nitrogens is 2. The summed E-state index contributed by atoms with van der Waals surface area (Å²) in [4.78, 5) is 4.36. The Morgan fingerprint density at radius 3 is 2.62 bits per heavy atom. The van der Waals surface area contributed by atoms with Crippen LogP contribution in [0.1, 0.15) is 23.1 Å². The maximum absolute atomic E-state index is 5.91. The van der Waals surface area contributed by atoms with E-state index in [0.29, 0.717) is 12.5 Å². The highest BCUT2D eigenvalue weighted by molar-refractivity contribution is 5.92. The highest BCUT2D eigenvalue weighted by atomic mass is 15.2. The summed E-state index contributed by atoms with van der Waals surface area (Å²) < 4.78 is 1.81. The lowest BCUT2D eigenvalue weighted by atomic mass is 10.1. The number of nitrogens with one attached hydrogen (secondary N) is 1. The van der Waals surface area contributed by atoms with Gasteiger partial charge in [0.25, 0.3) is 0 Å². The molecule has 1 heterocycles. The van der Waals surface area contributed by atoms with Crippen LogP contribution in [0.15, 0.2) is 35.6 Å². The molecular weight excluding hydrogens is 262 g/mol. The first-order valence-corrected chi connectivity index (χ1v) is 7.16. The van der Waals surface area contributed by atoms with Crippen LogP contribution in [0.5, 0.6) is 0 Å². The number of hydrogen-bond acceptors (Lipinski definition) is 2. The highest BCUT2D eigenvalue weighted by Crippen LogP contribution is 2.13. The Kier molecular flexibility index (Phi) is 4.98. The van der Waals surface area contributed by atoms with Crippen LogP contribution in [0.25, 0.3) is 0 Å². The van der Waals surface area contributed by atoms with Gasteiger partial charge in [0.05, 0.1) is 6.20 Å². The normalized spacial score (nSPS) is 11.7. The van der Waals surface area contributed by atoms with Gasteiger partial charge in [-0.15, -0.1) is 0 Å². The molecule has 0 aliphatic carbocycles. The molecule has 5 nitrogen and oxygen atoms in total. The summed E-state index contributed by atoms with van der Waals surface area (Å²) in [6, 6.07) is 6.25. The van der Waals surface area contributed by atoms with Crippen molar-refractivity contribution in [1.29, 1.82) is 0 Å². The van der Waals surface area contributed by atoms with Crippen molar-refractivity contribution in [1.82, 2.24) is 9.78 Å². The molecule has 0 aliphatic rings. The van der Waals surface area contributed by atoms with Gasteiger partial charge >= 0.3 is 0 Å². The first kappa shape index (κ1) is 15.1. The number of rotatable bonds is 5. The van der Waals surface area contributed by atoms with E-state index in [-0.39, 0.29) is 0 Å². The topological polar surface area (TPSA) is 68.2 Å². The maximum atomic E-state index is 5.91. The first-order chi connectivity index (χ1) is 10.0. The Morgan fingerprint density at radius 2 is 2.00 bits per heavy atom. The van der Waals surface area contributed by atoms with Crippen molar-refractivity contribution in [3.8, 4) is 0 Å². The third-order valence-corrected chi connectivity index (χ3v) is 3.16. The van der Waals surface area contributed by atoms with E-state index in [2.05, 4.69) is 47.5 Å². The fraction of sp³-hybridized carbons (Fsp3) is 0.375.